The van der Waals surface area contributed by atoms with Crippen LogP contribution in [0.25, 0.3) is 0 Å². The maximum Gasteiger partial charge on any atom is 0.255 e. The molecule has 1 amide bonds. The van der Waals surface area contributed by atoms with Crippen molar-refractivity contribution in [3.63, 3.8) is 0 Å². The van der Waals surface area contributed by atoms with E-state index in [1.165, 1.54) is 0 Å². The second kappa shape index (κ2) is 10.1. The molecule has 1 fully saturated rings. The van der Waals surface area contributed by atoms with E-state index in [0.29, 0.717) is 17.1 Å². The van der Waals surface area contributed by atoms with Crippen molar-refractivity contribution in [3.8, 4) is 5.75 Å². The number of nitrogens with zero attached hydrogens (tertiary/aromatic N) is 1. The number of halogens is 2. The molecular formula is C17H22Cl2N4O2. The smallest absolute Gasteiger partial charge is 0.255 e. The van der Waals surface area contributed by atoms with Crippen LogP contribution in [0.1, 0.15) is 16.8 Å². The Bertz CT molecular complexity index is 694. The zero-order valence-corrected chi connectivity index (χ0v) is 15.5. The zero-order valence-electron chi connectivity index (χ0n) is 13.8. The maximum atomic E-state index is 12.5. The van der Waals surface area contributed by atoms with E-state index in [0.717, 1.165) is 25.2 Å². The van der Waals surface area contributed by atoms with Crippen molar-refractivity contribution < 1.29 is 9.53 Å². The summed E-state index contributed by atoms with van der Waals surface area (Å²) in [5.41, 5.74) is 1.29. The second-order valence-corrected chi connectivity index (χ2v) is 5.39. The molecular weight excluding hydrogens is 363 g/mol. The quantitative estimate of drug-likeness (QED) is 0.738. The number of carbonyl (C=O) groups excluding carboxylic acids is 1. The number of rotatable bonds is 5. The van der Waals surface area contributed by atoms with Crippen molar-refractivity contribution in [1.82, 2.24) is 15.6 Å². The minimum Gasteiger partial charge on any atom is -0.495 e. The highest BCUT2D eigenvalue weighted by molar-refractivity contribution is 5.99. The highest BCUT2D eigenvalue weighted by atomic mass is 35.5. The summed E-state index contributed by atoms with van der Waals surface area (Å²) < 4.78 is 5.33. The Kier molecular flexibility index (Phi) is 8.48. The minimum absolute atomic E-state index is 0. The third-order valence-electron chi connectivity index (χ3n) is 3.81. The van der Waals surface area contributed by atoms with E-state index in [-0.39, 0.29) is 36.8 Å². The molecule has 8 heteroatoms. The lowest BCUT2D eigenvalue weighted by Gasteiger charge is -2.15. The van der Waals surface area contributed by atoms with Gasteiger partial charge >= 0.3 is 0 Å². The molecule has 2 aromatic rings. The van der Waals surface area contributed by atoms with E-state index in [4.69, 9.17) is 4.74 Å². The number of aromatic nitrogens is 1. The second-order valence-electron chi connectivity index (χ2n) is 5.39. The van der Waals surface area contributed by atoms with Crippen LogP contribution >= 0.6 is 24.8 Å². The first-order chi connectivity index (χ1) is 11.3. The van der Waals surface area contributed by atoms with Crippen molar-refractivity contribution in [3.05, 3.63) is 48.2 Å². The van der Waals surface area contributed by atoms with E-state index in [1.807, 2.05) is 24.3 Å². The average molecular weight is 385 g/mol. The topological polar surface area (TPSA) is 75.3 Å². The van der Waals surface area contributed by atoms with Gasteiger partial charge in [-0.1, -0.05) is 12.1 Å². The molecule has 25 heavy (non-hydrogen) atoms. The first-order valence-electron chi connectivity index (χ1n) is 7.64. The number of nitrogens with one attached hydrogen (secondary N) is 3. The number of para-hydroxylation sites is 2. The fourth-order valence-corrected chi connectivity index (χ4v) is 2.60. The van der Waals surface area contributed by atoms with Gasteiger partial charge in [-0.3, -0.25) is 4.79 Å². The lowest BCUT2D eigenvalue weighted by molar-refractivity contribution is 0.0940. The molecule has 0 saturated carbocycles. The number of anilines is 2. The van der Waals surface area contributed by atoms with Crippen LogP contribution in [0.2, 0.25) is 0 Å². The lowest BCUT2D eigenvalue weighted by Crippen LogP contribution is -2.36. The predicted molar refractivity (Wildman–Crippen MR) is 104 cm³/mol. The van der Waals surface area contributed by atoms with E-state index >= 15 is 0 Å². The van der Waals surface area contributed by atoms with Crippen LogP contribution in [0, 0.1) is 0 Å². The average Bonchev–Trinajstić information content (AvgIpc) is 3.09. The van der Waals surface area contributed by atoms with Crippen LogP contribution in [-0.2, 0) is 0 Å². The van der Waals surface area contributed by atoms with Gasteiger partial charge in [-0.05, 0) is 37.2 Å². The molecule has 0 bridgehead atoms. The minimum atomic E-state index is -0.121. The molecule has 1 aliphatic rings. The summed E-state index contributed by atoms with van der Waals surface area (Å²) in [5.74, 6) is 1.09. The number of hydrogen-bond donors (Lipinski definition) is 3. The van der Waals surface area contributed by atoms with Crippen molar-refractivity contribution in [2.75, 3.05) is 25.5 Å². The molecule has 2 heterocycles. The number of benzene rings is 1. The molecule has 1 atom stereocenters. The van der Waals surface area contributed by atoms with E-state index in [2.05, 4.69) is 20.9 Å². The van der Waals surface area contributed by atoms with E-state index < -0.39 is 0 Å². The fraction of sp³-hybridized carbons (Fsp3) is 0.294. The van der Waals surface area contributed by atoms with Gasteiger partial charge in [0.05, 0.1) is 18.4 Å². The molecule has 1 aliphatic heterocycles. The lowest BCUT2D eigenvalue weighted by atomic mass is 10.2. The molecule has 0 aliphatic carbocycles. The molecule has 0 radical (unpaired) electrons. The summed E-state index contributed by atoms with van der Waals surface area (Å²) in [6, 6.07) is 11.2. The molecule has 1 aromatic carbocycles. The van der Waals surface area contributed by atoms with Crippen LogP contribution < -0.4 is 20.7 Å². The Labute approximate surface area is 159 Å². The third-order valence-corrected chi connectivity index (χ3v) is 3.81. The Morgan fingerprint density at radius 2 is 2.04 bits per heavy atom. The van der Waals surface area contributed by atoms with Crippen molar-refractivity contribution in [2.45, 2.75) is 12.5 Å². The number of ether oxygens (including phenoxy) is 1. The Morgan fingerprint density at radius 3 is 2.76 bits per heavy atom. The monoisotopic (exact) mass is 384 g/mol. The molecule has 0 spiro atoms. The molecule has 1 saturated heterocycles. The fourth-order valence-electron chi connectivity index (χ4n) is 2.60. The number of carbonyl (C=O) groups is 1. The Balaban J connectivity index is 0.00000156. The number of amides is 1. The summed E-state index contributed by atoms with van der Waals surface area (Å²) in [5, 5.41) is 9.46. The molecule has 136 valence electrons. The molecule has 3 rings (SSSR count). The SMILES string of the molecule is COc1ccccc1Nc1ncccc1C(=O)NC1CCNC1.Cl.Cl. The number of hydrogen-bond acceptors (Lipinski definition) is 5. The van der Waals surface area contributed by atoms with Gasteiger partial charge in [0.25, 0.3) is 5.91 Å². The molecule has 3 N–H and O–H groups in total. The summed E-state index contributed by atoms with van der Waals surface area (Å²) >= 11 is 0. The first kappa shape index (κ1) is 21.0. The van der Waals surface area contributed by atoms with Gasteiger partial charge in [-0.15, -0.1) is 24.8 Å². The van der Waals surface area contributed by atoms with Gasteiger partial charge in [-0.25, -0.2) is 4.98 Å². The summed E-state index contributed by atoms with van der Waals surface area (Å²) in [6.07, 6.45) is 2.60. The van der Waals surface area contributed by atoms with Crippen LogP contribution in [0.3, 0.4) is 0 Å². The van der Waals surface area contributed by atoms with Gasteiger partial charge < -0.3 is 20.7 Å². The van der Waals surface area contributed by atoms with Gasteiger partial charge in [-0.2, -0.15) is 0 Å². The van der Waals surface area contributed by atoms with Crippen LogP contribution in [-0.4, -0.2) is 37.1 Å². The number of pyridine rings is 1. The van der Waals surface area contributed by atoms with Crippen molar-refractivity contribution in [2.24, 2.45) is 0 Å². The van der Waals surface area contributed by atoms with Gasteiger partial charge in [0.2, 0.25) is 0 Å². The van der Waals surface area contributed by atoms with Crippen LogP contribution in [0.4, 0.5) is 11.5 Å². The largest absolute Gasteiger partial charge is 0.495 e. The Morgan fingerprint density at radius 1 is 1.24 bits per heavy atom. The summed E-state index contributed by atoms with van der Waals surface area (Å²) in [4.78, 5) is 16.8. The van der Waals surface area contributed by atoms with E-state index in [9.17, 15) is 4.79 Å². The van der Waals surface area contributed by atoms with Crippen molar-refractivity contribution >= 4 is 42.2 Å². The molecule has 6 nitrogen and oxygen atoms in total. The van der Waals surface area contributed by atoms with Gasteiger partial charge in [0.1, 0.15) is 11.6 Å². The molecule has 1 aromatic heterocycles. The third kappa shape index (κ3) is 5.22. The predicted octanol–water partition coefficient (Wildman–Crippen LogP) is 2.77. The van der Waals surface area contributed by atoms with Crippen LogP contribution in [0.5, 0.6) is 5.75 Å². The zero-order chi connectivity index (χ0) is 16.1. The summed E-state index contributed by atoms with van der Waals surface area (Å²) in [6.45, 7) is 1.74. The summed E-state index contributed by atoms with van der Waals surface area (Å²) in [7, 11) is 1.61. The van der Waals surface area contributed by atoms with Crippen LogP contribution in [0.15, 0.2) is 42.6 Å². The standard InChI is InChI=1S/C17H20N4O2.2ClH/c1-23-15-7-3-2-6-14(15)21-16-13(5-4-9-19-16)17(22)20-12-8-10-18-11-12;;/h2-7,9,12,18H,8,10-11H2,1H3,(H,19,21)(H,20,22);2*1H. The van der Waals surface area contributed by atoms with Gasteiger partial charge in [0, 0.05) is 18.8 Å². The van der Waals surface area contributed by atoms with Crippen molar-refractivity contribution in [1.29, 1.82) is 0 Å². The van der Waals surface area contributed by atoms with E-state index in [1.54, 1.807) is 25.4 Å². The number of methoxy groups -OCH3 is 1. The highest BCUT2D eigenvalue weighted by Gasteiger charge is 2.20. The highest BCUT2D eigenvalue weighted by Crippen LogP contribution is 2.27. The Hall–Kier alpha value is -2.02. The first-order valence-corrected chi connectivity index (χ1v) is 7.64. The molecule has 1 unspecified atom stereocenters. The maximum absolute atomic E-state index is 12.5. The van der Waals surface area contributed by atoms with Gasteiger partial charge in [0.15, 0.2) is 0 Å². The normalized spacial score (nSPS) is 15.5.